The third-order valence-corrected chi connectivity index (χ3v) is 3.68. The Morgan fingerprint density at radius 3 is 2.31 bits per heavy atom. The van der Waals surface area contributed by atoms with E-state index < -0.39 is 5.54 Å². The molecular formula is C11H20INO3. The number of hydrogen-bond acceptors (Lipinski definition) is 4. The Bertz CT molecular complexity index is 289. The molecule has 1 aliphatic rings. The Kier molecular flexibility index (Phi) is 3.92. The molecule has 0 amide bonds. The van der Waals surface area contributed by atoms with Crippen LogP contribution in [0, 0.1) is 0 Å². The summed E-state index contributed by atoms with van der Waals surface area (Å²) in [6.45, 7) is 9.45. The van der Waals surface area contributed by atoms with Gasteiger partial charge < -0.3 is 9.94 Å². The van der Waals surface area contributed by atoms with Gasteiger partial charge in [0.2, 0.25) is 0 Å². The molecule has 0 spiro atoms. The third kappa shape index (κ3) is 2.51. The predicted octanol–water partition coefficient (Wildman–Crippen LogP) is 2.37. The molecule has 16 heavy (non-hydrogen) atoms. The highest BCUT2D eigenvalue weighted by atomic mass is 127. The van der Waals surface area contributed by atoms with Crippen molar-refractivity contribution in [3.63, 3.8) is 0 Å². The van der Waals surface area contributed by atoms with Crippen molar-refractivity contribution in [3.8, 4) is 0 Å². The molecule has 0 radical (unpaired) electrons. The van der Waals surface area contributed by atoms with E-state index in [2.05, 4.69) is 0 Å². The molecule has 1 aliphatic heterocycles. The summed E-state index contributed by atoms with van der Waals surface area (Å²) in [5, 5.41) is 11.3. The smallest absolute Gasteiger partial charge is 0.318 e. The number of esters is 1. The molecule has 1 N–H and O–H groups in total. The van der Waals surface area contributed by atoms with Gasteiger partial charge in [-0.05, 0) is 34.6 Å². The third-order valence-electron chi connectivity index (χ3n) is 3.18. The number of carbonyl (C=O) groups is 1. The van der Waals surface area contributed by atoms with Crippen LogP contribution in [0.3, 0.4) is 0 Å². The quantitative estimate of drug-likeness (QED) is 0.476. The Balaban J connectivity index is 2.80. The fourth-order valence-corrected chi connectivity index (χ4v) is 2.27. The summed E-state index contributed by atoms with van der Waals surface area (Å²) in [5.74, 6) is -0.218. The molecule has 1 saturated heterocycles. The van der Waals surface area contributed by atoms with Crippen molar-refractivity contribution in [3.05, 3.63) is 0 Å². The summed E-state index contributed by atoms with van der Waals surface area (Å²) in [6.07, 6.45) is 0.378. The molecule has 1 fully saturated rings. The van der Waals surface area contributed by atoms with Gasteiger partial charge in [-0.2, -0.15) is 5.06 Å². The molecule has 0 bridgehead atoms. The van der Waals surface area contributed by atoms with Crippen LogP contribution in [0.25, 0.3) is 0 Å². The second-order valence-corrected chi connectivity index (χ2v) is 7.39. The van der Waals surface area contributed by atoms with Gasteiger partial charge in [0.25, 0.3) is 0 Å². The number of halogens is 1. The van der Waals surface area contributed by atoms with Crippen molar-refractivity contribution >= 4 is 28.6 Å². The number of alkyl halides is 1. The van der Waals surface area contributed by atoms with Crippen LogP contribution in [0.1, 0.15) is 41.0 Å². The van der Waals surface area contributed by atoms with Crippen molar-refractivity contribution in [1.82, 2.24) is 5.06 Å². The molecule has 94 valence electrons. The predicted molar refractivity (Wildman–Crippen MR) is 69.8 cm³/mol. The zero-order chi connectivity index (χ0) is 12.7. The fraction of sp³-hybridized carbons (Fsp3) is 0.909. The van der Waals surface area contributed by atoms with Gasteiger partial charge in [0.15, 0.2) is 0 Å². The summed E-state index contributed by atoms with van der Waals surface area (Å²) in [7, 11) is 0. The summed E-state index contributed by atoms with van der Waals surface area (Å²) in [6, 6.07) is 0. The van der Waals surface area contributed by atoms with Crippen LogP contribution in [-0.2, 0) is 9.53 Å². The lowest BCUT2D eigenvalue weighted by Gasteiger charge is -2.35. The zero-order valence-corrected chi connectivity index (χ0v) is 12.6. The summed E-state index contributed by atoms with van der Waals surface area (Å²) < 4.78 is 5.28. The second kappa shape index (κ2) is 4.42. The van der Waals surface area contributed by atoms with Gasteiger partial charge in [0, 0.05) is 12.0 Å². The molecule has 0 aromatic carbocycles. The van der Waals surface area contributed by atoms with Gasteiger partial charge in [0.1, 0.15) is 10.0 Å². The average Bonchev–Trinajstić information content (AvgIpc) is 2.27. The number of ether oxygens (including phenoxy) is 1. The topological polar surface area (TPSA) is 49.8 Å². The van der Waals surface area contributed by atoms with Crippen LogP contribution in [0.2, 0.25) is 0 Å². The SMILES string of the molecule is CC(I)C(=O)OC1CC(C)(C)N(O)C1(C)C. The maximum atomic E-state index is 11.6. The standard InChI is InChI=1S/C11H20INO3/c1-7(12)9(14)16-8-6-10(2,3)13(15)11(8,4)5/h7-8,15H,6H2,1-5H3. The van der Waals surface area contributed by atoms with Gasteiger partial charge in [-0.1, -0.05) is 22.6 Å². The molecular weight excluding hydrogens is 321 g/mol. The van der Waals surface area contributed by atoms with Gasteiger partial charge >= 0.3 is 5.97 Å². The first-order valence-corrected chi connectivity index (χ1v) is 6.67. The number of hydroxylamine groups is 2. The lowest BCUT2D eigenvalue weighted by atomic mass is 9.97. The Morgan fingerprint density at radius 2 is 2.00 bits per heavy atom. The number of nitrogens with zero attached hydrogens (tertiary/aromatic N) is 1. The van der Waals surface area contributed by atoms with Crippen LogP contribution in [-0.4, -0.2) is 37.3 Å². The maximum Gasteiger partial charge on any atom is 0.318 e. The molecule has 1 heterocycles. The Labute approximate surface area is 110 Å². The highest BCUT2D eigenvalue weighted by Gasteiger charge is 2.53. The number of rotatable bonds is 2. The van der Waals surface area contributed by atoms with E-state index in [1.807, 2.05) is 50.3 Å². The van der Waals surface area contributed by atoms with Crippen molar-refractivity contribution in [2.75, 3.05) is 0 Å². The summed E-state index contributed by atoms with van der Waals surface area (Å²) in [5.41, 5.74) is -0.895. The minimum atomic E-state index is -0.537. The minimum absolute atomic E-state index is 0.163. The normalized spacial score (nSPS) is 30.1. The lowest BCUT2D eigenvalue weighted by Crippen LogP contribution is -2.49. The summed E-state index contributed by atoms with van der Waals surface area (Å²) >= 11 is 2.03. The Hall–Kier alpha value is 0.120. The second-order valence-electron chi connectivity index (χ2n) is 5.52. The van der Waals surface area contributed by atoms with Crippen LogP contribution in [0.4, 0.5) is 0 Å². The van der Waals surface area contributed by atoms with Crippen LogP contribution >= 0.6 is 22.6 Å². The maximum absolute atomic E-state index is 11.6. The van der Waals surface area contributed by atoms with E-state index in [0.717, 1.165) is 0 Å². The van der Waals surface area contributed by atoms with E-state index in [0.29, 0.717) is 6.42 Å². The summed E-state index contributed by atoms with van der Waals surface area (Å²) in [4.78, 5) is 11.6. The van der Waals surface area contributed by atoms with Crippen LogP contribution < -0.4 is 0 Å². The number of carbonyl (C=O) groups excluding carboxylic acids is 1. The molecule has 0 saturated carbocycles. The molecule has 0 aliphatic carbocycles. The minimum Gasteiger partial charge on any atom is -0.459 e. The van der Waals surface area contributed by atoms with E-state index in [9.17, 15) is 10.0 Å². The van der Waals surface area contributed by atoms with Crippen molar-refractivity contribution in [2.24, 2.45) is 0 Å². The molecule has 2 atom stereocenters. The molecule has 0 aromatic heterocycles. The molecule has 0 aromatic rings. The van der Waals surface area contributed by atoms with Gasteiger partial charge in [-0.3, -0.25) is 4.79 Å². The van der Waals surface area contributed by atoms with Crippen molar-refractivity contribution in [2.45, 2.75) is 62.1 Å². The fourth-order valence-electron chi connectivity index (χ4n) is 2.13. The molecule has 4 nitrogen and oxygen atoms in total. The van der Waals surface area contributed by atoms with Gasteiger partial charge in [-0.25, -0.2) is 0 Å². The van der Waals surface area contributed by atoms with E-state index in [4.69, 9.17) is 4.74 Å². The van der Waals surface area contributed by atoms with E-state index in [1.165, 1.54) is 5.06 Å². The number of hydrogen-bond donors (Lipinski definition) is 1. The average molecular weight is 341 g/mol. The highest BCUT2D eigenvalue weighted by molar-refractivity contribution is 14.1. The van der Waals surface area contributed by atoms with E-state index >= 15 is 0 Å². The van der Waals surface area contributed by atoms with E-state index in [-0.39, 0.29) is 21.5 Å². The largest absolute Gasteiger partial charge is 0.459 e. The highest BCUT2D eigenvalue weighted by Crippen LogP contribution is 2.40. The van der Waals surface area contributed by atoms with Crippen LogP contribution in [0.15, 0.2) is 0 Å². The molecule has 2 unspecified atom stereocenters. The first-order valence-electron chi connectivity index (χ1n) is 5.43. The zero-order valence-electron chi connectivity index (χ0n) is 10.5. The lowest BCUT2D eigenvalue weighted by molar-refractivity contribution is -0.205. The van der Waals surface area contributed by atoms with Gasteiger partial charge in [-0.15, -0.1) is 0 Å². The molecule has 1 rings (SSSR count). The van der Waals surface area contributed by atoms with Crippen LogP contribution in [0.5, 0.6) is 0 Å². The first kappa shape index (κ1) is 14.2. The first-order chi connectivity index (χ1) is 7.09. The van der Waals surface area contributed by atoms with Crippen molar-refractivity contribution < 1.29 is 14.7 Å². The monoisotopic (exact) mass is 341 g/mol. The van der Waals surface area contributed by atoms with E-state index in [1.54, 1.807) is 6.92 Å². The Morgan fingerprint density at radius 1 is 1.50 bits per heavy atom. The van der Waals surface area contributed by atoms with Crippen molar-refractivity contribution in [1.29, 1.82) is 0 Å². The van der Waals surface area contributed by atoms with Gasteiger partial charge in [0.05, 0.1) is 5.54 Å². The molecule has 5 heteroatoms.